The van der Waals surface area contributed by atoms with Crippen LogP contribution in [0.3, 0.4) is 0 Å². The molecule has 8 rings (SSSR count). The second-order valence-electron chi connectivity index (χ2n) is 13.2. The van der Waals surface area contributed by atoms with Gasteiger partial charge in [0.1, 0.15) is 60.0 Å². The molecule has 6 aromatic rings. The number of hydroxylamine groups is 2. The molecule has 9 N–H and O–H groups in total. The lowest BCUT2D eigenvalue weighted by Crippen LogP contribution is -2.39. The molecule has 0 spiro atoms. The number of benzene rings is 2. The molecule has 0 saturated carbocycles. The third kappa shape index (κ3) is 7.80. The first-order chi connectivity index (χ1) is 27.7. The molecule has 2 saturated heterocycles. The van der Waals surface area contributed by atoms with E-state index in [9.17, 15) is 24.5 Å². The van der Waals surface area contributed by atoms with Crippen LogP contribution < -0.4 is 22.4 Å². The zero-order valence-electron chi connectivity index (χ0n) is 29.8. The highest BCUT2D eigenvalue weighted by molar-refractivity contribution is 5.89. The summed E-state index contributed by atoms with van der Waals surface area (Å²) in [7, 11) is 0. The van der Waals surface area contributed by atoms with Gasteiger partial charge in [-0.05, 0) is 35.4 Å². The molecule has 22 heteroatoms. The van der Waals surface area contributed by atoms with Crippen LogP contribution in [-0.2, 0) is 37.0 Å². The Morgan fingerprint density at radius 2 is 1.21 bits per heavy atom. The molecule has 6 heterocycles. The number of fused-ring (bicyclic) bond motifs is 2. The number of esters is 1. The number of ether oxygens (including phenoxy) is 3. The maximum absolute atomic E-state index is 13.4. The summed E-state index contributed by atoms with van der Waals surface area (Å²) in [6.07, 6.45) is -3.71. The molecule has 0 unspecified atom stereocenters. The van der Waals surface area contributed by atoms with E-state index in [2.05, 4.69) is 40.9 Å². The summed E-state index contributed by atoms with van der Waals surface area (Å²) < 4.78 is 34.1. The Kier molecular flexibility index (Phi) is 10.9. The van der Waals surface area contributed by atoms with Crippen molar-refractivity contribution in [3.05, 3.63) is 96.3 Å². The van der Waals surface area contributed by atoms with E-state index >= 15 is 0 Å². The number of nitrogen functional groups attached to an aromatic ring is 2. The molecule has 21 nitrogen and oxygen atoms in total. The first kappa shape index (κ1) is 38.1. The number of nitrogens with one attached hydrogen (secondary N) is 2. The minimum atomic E-state index is -1.38. The van der Waals surface area contributed by atoms with Crippen molar-refractivity contribution in [1.29, 1.82) is 0 Å². The number of rotatable bonds is 14. The third-order valence-corrected chi connectivity index (χ3v) is 9.57. The first-order valence-electron chi connectivity index (χ1n) is 17.6. The molecule has 0 bridgehead atoms. The van der Waals surface area contributed by atoms with E-state index < -0.39 is 55.0 Å². The van der Waals surface area contributed by atoms with Crippen LogP contribution in [0.25, 0.3) is 22.3 Å². The van der Waals surface area contributed by atoms with Crippen molar-refractivity contribution in [2.24, 2.45) is 0 Å². The first-order valence-corrected chi connectivity index (χ1v) is 17.6. The number of hydrogen-bond acceptors (Lipinski definition) is 19. The average Bonchev–Trinajstić information content (AvgIpc) is 3.98. The van der Waals surface area contributed by atoms with Crippen molar-refractivity contribution in [1.82, 2.24) is 50.0 Å². The van der Waals surface area contributed by atoms with Crippen LogP contribution >= 0.6 is 0 Å². The maximum Gasteiger partial charge on any atom is 0.338 e. The summed E-state index contributed by atoms with van der Waals surface area (Å²) in [6.45, 7) is 0.195. The number of halogens is 1. The number of carbonyl (C=O) groups excluding carboxylic acids is 1. The average molecular weight is 789 g/mol. The Hall–Kier alpha value is -5.82. The lowest BCUT2D eigenvalue weighted by molar-refractivity contribution is -0.0893. The van der Waals surface area contributed by atoms with Crippen molar-refractivity contribution in [2.45, 2.75) is 62.2 Å². The van der Waals surface area contributed by atoms with Crippen LogP contribution in [0.15, 0.2) is 73.8 Å². The van der Waals surface area contributed by atoms with Gasteiger partial charge in [0, 0.05) is 13.1 Å². The molecular weight excluding hydrogens is 751 g/mol. The van der Waals surface area contributed by atoms with Crippen LogP contribution in [0.4, 0.5) is 16.0 Å². The van der Waals surface area contributed by atoms with Crippen molar-refractivity contribution < 1.29 is 48.4 Å². The highest BCUT2D eigenvalue weighted by atomic mass is 19.1. The lowest BCUT2D eigenvalue weighted by Gasteiger charge is -2.21. The number of hydrogen-bond donors (Lipinski definition) is 7. The minimum Gasteiger partial charge on any atom is -0.453 e. The number of carbonyl (C=O) groups is 1. The molecule has 8 atom stereocenters. The van der Waals surface area contributed by atoms with Gasteiger partial charge in [-0.2, -0.15) is 11.0 Å². The highest BCUT2D eigenvalue weighted by Crippen LogP contribution is 2.35. The monoisotopic (exact) mass is 788 g/mol. The van der Waals surface area contributed by atoms with Crippen molar-refractivity contribution in [3.63, 3.8) is 0 Å². The fourth-order valence-corrected chi connectivity index (χ4v) is 6.54. The molecule has 2 fully saturated rings. The Balaban J connectivity index is 0.864. The number of aliphatic hydroxyl groups is 3. The van der Waals surface area contributed by atoms with Gasteiger partial charge >= 0.3 is 5.97 Å². The fourth-order valence-electron chi connectivity index (χ4n) is 6.54. The van der Waals surface area contributed by atoms with E-state index in [1.165, 1.54) is 46.6 Å². The minimum absolute atomic E-state index is 0.114. The number of nitrogens with two attached hydrogens (primary N) is 2. The molecule has 2 aliphatic heterocycles. The lowest BCUT2D eigenvalue weighted by atomic mass is 10.1. The van der Waals surface area contributed by atoms with Gasteiger partial charge in [0.2, 0.25) is 0 Å². The van der Waals surface area contributed by atoms with E-state index in [0.717, 1.165) is 11.1 Å². The van der Waals surface area contributed by atoms with E-state index in [-0.39, 0.29) is 49.3 Å². The number of imidazole rings is 2. The Bertz CT molecular complexity index is 2330. The standard InChI is InChI=1S/C35H37FN12O9/c36-20-7-3-18(4-8-20)10-46-54-12-22-28(27(51)34(56-22)48-16-44-24-30(38)40-14-42-32(24)48)57-35(52)19-5-1-17(2-6-19)9-45-53-11-21-25(49)26(50)33(55-21)47-15-43-23-29(37)39-13-41-31(23)47/h1-8,13-16,21-22,25-28,33-34,45-46,49-51H,9-12H2,(H2,37,39,41)(H2,38,40,42)/t21-,22-,25-,26-,27-,28-,33-,34-/m1/s1. The summed E-state index contributed by atoms with van der Waals surface area (Å²) in [5.74, 6) is -0.785. The van der Waals surface area contributed by atoms with Gasteiger partial charge in [0.15, 0.2) is 41.5 Å². The molecule has 2 aliphatic rings. The smallest absolute Gasteiger partial charge is 0.338 e. The number of aliphatic hydroxyl groups excluding tert-OH is 3. The third-order valence-electron chi connectivity index (χ3n) is 9.57. The maximum atomic E-state index is 13.4. The van der Waals surface area contributed by atoms with Crippen molar-refractivity contribution >= 4 is 39.9 Å². The van der Waals surface area contributed by atoms with Crippen molar-refractivity contribution in [2.75, 3.05) is 24.7 Å². The second-order valence-corrected chi connectivity index (χ2v) is 13.2. The van der Waals surface area contributed by atoms with Crippen LogP contribution in [0.1, 0.15) is 33.9 Å². The van der Waals surface area contributed by atoms with Gasteiger partial charge in [-0.25, -0.2) is 39.1 Å². The van der Waals surface area contributed by atoms with Crippen LogP contribution in [0.2, 0.25) is 0 Å². The zero-order chi connectivity index (χ0) is 39.6. The highest BCUT2D eigenvalue weighted by Gasteiger charge is 2.48. The summed E-state index contributed by atoms with van der Waals surface area (Å²) in [4.78, 5) is 49.2. The fraction of sp³-hybridized carbons (Fsp3) is 0.343. The van der Waals surface area contributed by atoms with E-state index in [1.54, 1.807) is 36.4 Å². The summed E-state index contributed by atoms with van der Waals surface area (Å²) in [5.41, 5.74) is 20.4. The molecule has 2 aromatic carbocycles. The Morgan fingerprint density at radius 3 is 1.79 bits per heavy atom. The predicted molar refractivity (Wildman–Crippen MR) is 193 cm³/mol. The topological polar surface area (TPSA) is 287 Å². The largest absolute Gasteiger partial charge is 0.453 e. The van der Waals surface area contributed by atoms with E-state index in [0.29, 0.717) is 22.3 Å². The molecule has 0 radical (unpaired) electrons. The number of aromatic nitrogens is 8. The van der Waals surface area contributed by atoms with Gasteiger partial charge in [-0.1, -0.05) is 24.3 Å². The van der Waals surface area contributed by atoms with Gasteiger partial charge in [-0.3, -0.25) is 18.8 Å². The zero-order valence-corrected chi connectivity index (χ0v) is 29.8. The van der Waals surface area contributed by atoms with Crippen LogP contribution in [0.5, 0.6) is 0 Å². The summed E-state index contributed by atoms with van der Waals surface area (Å²) >= 11 is 0. The van der Waals surface area contributed by atoms with Gasteiger partial charge in [-0.15, -0.1) is 0 Å². The molecule has 4 aromatic heterocycles. The van der Waals surface area contributed by atoms with Gasteiger partial charge in [0.25, 0.3) is 0 Å². The molecule has 57 heavy (non-hydrogen) atoms. The molecular formula is C35H37FN12O9. The Morgan fingerprint density at radius 1 is 0.702 bits per heavy atom. The van der Waals surface area contributed by atoms with E-state index in [1.807, 2.05) is 0 Å². The van der Waals surface area contributed by atoms with E-state index in [4.69, 9.17) is 35.4 Å². The molecule has 298 valence electrons. The molecule has 0 aliphatic carbocycles. The van der Waals surface area contributed by atoms with Crippen LogP contribution in [-0.4, -0.2) is 110 Å². The van der Waals surface area contributed by atoms with Gasteiger partial charge < -0.3 is 41.0 Å². The number of anilines is 2. The molecule has 0 amide bonds. The van der Waals surface area contributed by atoms with Gasteiger partial charge in [0.05, 0.1) is 31.4 Å². The second kappa shape index (κ2) is 16.3. The normalized spacial score (nSPS) is 24.8. The number of nitrogens with zero attached hydrogens (tertiary/aromatic N) is 8. The SMILES string of the molecule is Nc1ncnc2c1ncn2[C@@H]1O[C@H](CONCc2ccc(C(=O)O[C@H]3[C@@H](O)[C@H](n4cnc5c(N)ncnc54)O[C@@H]3CONCc3ccc(F)cc3)cc2)[C@@H](O)[C@H]1O. The van der Waals surface area contributed by atoms with Crippen LogP contribution in [0, 0.1) is 5.82 Å². The quantitative estimate of drug-likeness (QED) is 0.0428. The van der Waals surface area contributed by atoms with Crippen molar-refractivity contribution in [3.8, 4) is 0 Å². The summed E-state index contributed by atoms with van der Waals surface area (Å²) in [6, 6.07) is 12.3. The predicted octanol–water partition coefficient (Wildman–Crippen LogP) is -0.185. The summed E-state index contributed by atoms with van der Waals surface area (Å²) in [5, 5.41) is 32.8. The Labute approximate surface area is 321 Å².